The summed E-state index contributed by atoms with van der Waals surface area (Å²) in [5.74, 6) is 0.235. The van der Waals surface area contributed by atoms with Crippen LogP contribution in [0.15, 0.2) is 85.1 Å². The van der Waals surface area contributed by atoms with Gasteiger partial charge in [-0.3, -0.25) is 4.98 Å². The van der Waals surface area contributed by atoms with Crippen molar-refractivity contribution >= 4 is 46.1 Å². The van der Waals surface area contributed by atoms with Gasteiger partial charge in [0, 0.05) is 11.6 Å². The van der Waals surface area contributed by atoms with Crippen LogP contribution in [0.4, 0.5) is 0 Å². The molecule has 1 aromatic heterocycles. The molecule has 2 nitrogen and oxygen atoms in total. The third kappa shape index (κ3) is 3.05. The van der Waals surface area contributed by atoms with E-state index in [9.17, 15) is 5.11 Å². The van der Waals surface area contributed by atoms with Gasteiger partial charge in [-0.25, -0.2) is 0 Å². The molecule has 0 saturated heterocycles. The number of benzene rings is 3. The Morgan fingerprint density at radius 2 is 1.38 bits per heavy atom. The molecule has 0 atom stereocenters. The summed E-state index contributed by atoms with van der Waals surface area (Å²) >= 11 is 6.74. The first-order valence-corrected chi connectivity index (χ1v) is 12.1. The standard InChI is InChI=1S/C25H24ClNOSi/c1-25(2,3)29(18-11-6-4-7-12-18,19-13-8-5-9-14-19)22-17-21(26)20-15-10-16-27-23(20)24(22)28/h4-17,28H,1-3H3. The van der Waals surface area contributed by atoms with E-state index in [1.807, 2.05) is 30.3 Å². The van der Waals surface area contributed by atoms with Crippen LogP contribution < -0.4 is 15.6 Å². The Kier molecular flexibility index (Phi) is 4.97. The number of aromatic nitrogens is 1. The Balaban J connectivity index is 2.21. The van der Waals surface area contributed by atoms with Gasteiger partial charge in [-0.05, 0) is 38.8 Å². The molecule has 0 spiro atoms. The molecule has 146 valence electrons. The number of halogens is 1. The van der Waals surface area contributed by atoms with E-state index in [0.29, 0.717) is 10.5 Å². The minimum absolute atomic E-state index is 0.140. The lowest BCUT2D eigenvalue weighted by atomic mass is 10.2. The zero-order chi connectivity index (χ0) is 20.6. The lowest BCUT2D eigenvalue weighted by Gasteiger charge is -2.44. The van der Waals surface area contributed by atoms with Gasteiger partial charge < -0.3 is 5.11 Å². The highest BCUT2D eigenvalue weighted by Gasteiger charge is 2.51. The number of rotatable bonds is 3. The van der Waals surface area contributed by atoms with Crippen LogP contribution in [0, 0.1) is 0 Å². The predicted molar refractivity (Wildman–Crippen MR) is 126 cm³/mol. The molecule has 0 aliphatic heterocycles. The predicted octanol–water partition coefficient (Wildman–Crippen LogP) is 4.86. The van der Waals surface area contributed by atoms with Crippen LogP contribution in [-0.2, 0) is 0 Å². The van der Waals surface area contributed by atoms with Gasteiger partial charge in [0.15, 0.2) is 8.07 Å². The van der Waals surface area contributed by atoms with Crippen LogP contribution in [-0.4, -0.2) is 18.2 Å². The van der Waals surface area contributed by atoms with Gasteiger partial charge in [-0.1, -0.05) is 93.0 Å². The largest absolute Gasteiger partial charge is 0.506 e. The van der Waals surface area contributed by atoms with Crippen molar-refractivity contribution in [3.8, 4) is 5.75 Å². The fourth-order valence-electron chi connectivity index (χ4n) is 4.60. The van der Waals surface area contributed by atoms with Crippen molar-refractivity contribution < 1.29 is 5.11 Å². The van der Waals surface area contributed by atoms with Crippen molar-refractivity contribution in [1.29, 1.82) is 0 Å². The molecule has 0 aliphatic rings. The van der Waals surface area contributed by atoms with Gasteiger partial charge in [-0.15, -0.1) is 0 Å². The zero-order valence-corrected chi connectivity index (χ0v) is 18.6. The Morgan fingerprint density at radius 1 is 0.828 bits per heavy atom. The van der Waals surface area contributed by atoms with Crippen molar-refractivity contribution in [3.05, 3.63) is 90.1 Å². The maximum atomic E-state index is 11.5. The summed E-state index contributed by atoms with van der Waals surface area (Å²) < 4.78 is 0. The molecular weight excluding hydrogens is 394 g/mol. The molecule has 4 aromatic rings. The van der Waals surface area contributed by atoms with E-state index in [2.05, 4.69) is 74.3 Å². The highest BCUT2D eigenvalue weighted by atomic mass is 35.5. The van der Waals surface area contributed by atoms with Crippen molar-refractivity contribution in [2.75, 3.05) is 0 Å². The minimum atomic E-state index is -2.69. The number of fused-ring (bicyclic) bond motifs is 1. The van der Waals surface area contributed by atoms with Gasteiger partial charge in [0.2, 0.25) is 0 Å². The summed E-state index contributed by atoms with van der Waals surface area (Å²) in [7, 11) is -2.69. The number of aromatic hydroxyl groups is 1. The van der Waals surface area contributed by atoms with E-state index in [1.165, 1.54) is 10.4 Å². The van der Waals surface area contributed by atoms with E-state index < -0.39 is 8.07 Å². The Bertz CT molecular complexity index is 1110. The van der Waals surface area contributed by atoms with E-state index >= 15 is 0 Å². The number of pyridine rings is 1. The number of hydrogen-bond acceptors (Lipinski definition) is 2. The Hall–Kier alpha value is -2.62. The molecule has 0 saturated carbocycles. The van der Waals surface area contributed by atoms with Crippen molar-refractivity contribution in [1.82, 2.24) is 4.98 Å². The lowest BCUT2D eigenvalue weighted by molar-refractivity contribution is 0.483. The van der Waals surface area contributed by atoms with E-state index in [1.54, 1.807) is 6.20 Å². The number of hydrogen-bond donors (Lipinski definition) is 1. The van der Waals surface area contributed by atoms with Gasteiger partial charge >= 0.3 is 0 Å². The Labute approximate surface area is 177 Å². The number of phenolic OH excluding ortho intramolecular Hbond substituents is 1. The summed E-state index contributed by atoms with van der Waals surface area (Å²) in [5, 5.41) is 16.1. The van der Waals surface area contributed by atoms with Gasteiger partial charge in [-0.2, -0.15) is 0 Å². The van der Waals surface area contributed by atoms with Crippen LogP contribution >= 0.6 is 11.6 Å². The number of nitrogens with zero attached hydrogens (tertiary/aromatic N) is 1. The SMILES string of the molecule is CC(C)(C)[Si](c1ccccc1)(c1ccccc1)c1cc(Cl)c2cccnc2c1O. The first-order valence-electron chi connectivity index (χ1n) is 9.75. The highest BCUT2D eigenvalue weighted by molar-refractivity contribution is 7.13. The highest BCUT2D eigenvalue weighted by Crippen LogP contribution is 2.39. The summed E-state index contributed by atoms with van der Waals surface area (Å²) in [4.78, 5) is 4.47. The van der Waals surface area contributed by atoms with Crippen LogP contribution in [0.25, 0.3) is 10.9 Å². The molecule has 0 bridgehead atoms. The fourth-order valence-corrected chi connectivity index (χ4v) is 10.7. The monoisotopic (exact) mass is 417 g/mol. The molecule has 0 radical (unpaired) electrons. The quantitative estimate of drug-likeness (QED) is 0.381. The minimum Gasteiger partial charge on any atom is -0.506 e. The lowest BCUT2D eigenvalue weighted by Crippen LogP contribution is -2.72. The maximum absolute atomic E-state index is 11.5. The molecular formula is C25H24ClNOSi. The molecule has 29 heavy (non-hydrogen) atoms. The normalized spacial score (nSPS) is 12.3. The zero-order valence-electron chi connectivity index (χ0n) is 16.9. The molecule has 1 heterocycles. The van der Waals surface area contributed by atoms with Crippen molar-refractivity contribution in [3.63, 3.8) is 0 Å². The molecule has 0 unspecified atom stereocenters. The first-order chi connectivity index (χ1) is 13.9. The molecule has 1 N–H and O–H groups in total. The molecule has 3 aromatic carbocycles. The van der Waals surface area contributed by atoms with Crippen molar-refractivity contribution in [2.45, 2.75) is 25.8 Å². The summed E-state index contributed by atoms with van der Waals surface area (Å²) in [6, 6.07) is 26.8. The van der Waals surface area contributed by atoms with Crippen LogP contribution in [0.5, 0.6) is 5.75 Å². The second kappa shape index (κ2) is 7.32. The van der Waals surface area contributed by atoms with Gasteiger partial charge in [0.1, 0.15) is 11.3 Å². The summed E-state index contributed by atoms with van der Waals surface area (Å²) in [6.07, 6.45) is 1.70. The third-order valence-electron chi connectivity index (χ3n) is 5.76. The molecule has 0 fully saturated rings. The van der Waals surface area contributed by atoms with E-state index in [0.717, 1.165) is 10.6 Å². The molecule has 4 heteroatoms. The topological polar surface area (TPSA) is 33.1 Å². The molecule has 4 rings (SSSR count). The van der Waals surface area contributed by atoms with Crippen molar-refractivity contribution in [2.24, 2.45) is 0 Å². The average molecular weight is 418 g/mol. The van der Waals surface area contributed by atoms with Crippen LogP contribution in [0.2, 0.25) is 10.1 Å². The maximum Gasteiger partial charge on any atom is 0.158 e. The Morgan fingerprint density at radius 3 is 1.90 bits per heavy atom. The summed E-state index contributed by atoms with van der Waals surface area (Å²) in [5.41, 5.74) is 0.558. The van der Waals surface area contributed by atoms with Gasteiger partial charge in [0.25, 0.3) is 0 Å². The smallest absolute Gasteiger partial charge is 0.158 e. The number of phenols is 1. The van der Waals surface area contributed by atoms with Gasteiger partial charge in [0.05, 0.1) is 5.02 Å². The average Bonchev–Trinajstić information content (AvgIpc) is 2.73. The summed E-state index contributed by atoms with van der Waals surface area (Å²) in [6.45, 7) is 6.78. The van der Waals surface area contributed by atoms with E-state index in [4.69, 9.17) is 11.6 Å². The third-order valence-corrected chi connectivity index (χ3v) is 11.9. The molecule has 0 amide bonds. The van der Waals surface area contributed by atoms with E-state index in [-0.39, 0.29) is 10.8 Å². The second-order valence-corrected chi connectivity index (χ2v) is 13.5. The first kappa shape index (κ1) is 19.7. The fraction of sp³-hybridized carbons (Fsp3) is 0.160. The van der Waals surface area contributed by atoms with Crippen LogP contribution in [0.3, 0.4) is 0 Å². The van der Waals surface area contributed by atoms with Crippen LogP contribution in [0.1, 0.15) is 20.8 Å². The second-order valence-electron chi connectivity index (χ2n) is 8.39. The molecule has 0 aliphatic carbocycles.